The number of amides is 1. The van der Waals surface area contributed by atoms with E-state index in [1.807, 2.05) is 6.08 Å². The van der Waals surface area contributed by atoms with Gasteiger partial charge in [-0.25, -0.2) is 0 Å². The second-order valence-corrected chi connectivity index (χ2v) is 19.7. The van der Waals surface area contributed by atoms with E-state index < -0.39 is 12.1 Å². The van der Waals surface area contributed by atoms with Crippen LogP contribution in [0.3, 0.4) is 0 Å². The molecule has 0 aromatic heterocycles. The van der Waals surface area contributed by atoms with E-state index in [1.165, 1.54) is 270 Å². The van der Waals surface area contributed by atoms with Gasteiger partial charge in [0.25, 0.3) is 0 Å². The molecule has 2 unspecified atom stereocenters. The van der Waals surface area contributed by atoms with Crippen LogP contribution in [0.4, 0.5) is 0 Å². The van der Waals surface area contributed by atoms with Crippen molar-refractivity contribution < 1.29 is 15.0 Å². The Morgan fingerprint density at radius 3 is 0.935 bits per heavy atom. The van der Waals surface area contributed by atoms with Gasteiger partial charge in [-0.05, 0) is 32.1 Å². The van der Waals surface area contributed by atoms with Crippen LogP contribution in [0.1, 0.15) is 322 Å². The first-order valence-electron chi connectivity index (χ1n) is 28.6. The van der Waals surface area contributed by atoms with Crippen molar-refractivity contribution in [2.75, 3.05) is 6.61 Å². The lowest BCUT2D eigenvalue weighted by Gasteiger charge is -2.19. The van der Waals surface area contributed by atoms with Gasteiger partial charge in [-0.1, -0.05) is 308 Å². The highest BCUT2D eigenvalue weighted by Gasteiger charge is 2.18. The van der Waals surface area contributed by atoms with Gasteiger partial charge in [-0.2, -0.15) is 0 Å². The SMILES string of the molecule is CCCCCCCCCCCCCCCCCCCCCCC/C=C/CC/C=C/C(O)C(CO)NC(=O)CCCCCCCCCCCCCCCCCCCCCCCCC. The molecule has 0 saturated heterocycles. The summed E-state index contributed by atoms with van der Waals surface area (Å²) in [6.07, 6.45) is 72.1. The number of rotatable bonds is 53. The van der Waals surface area contributed by atoms with Crippen molar-refractivity contribution in [2.24, 2.45) is 0 Å². The number of carbonyl (C=O) groups excluding carboxylic acids is 1. The van der Waals surface area contributed by atoms with Gasteiger partial charge in [0.2, 0.25) is 5.91 Å². The van der Waals surface area contributed by atoms with Crippen molar-refractivity contribution in [3.8, 4) is 0 Å². The number of hydrogen-bond acceptors (Lipinski definition) is 3. The van der Waals surface area contributed by atoms with Crippen LogP contribution in [-0.2, 0) is 4.79 Å². The summed E-state index contributed by atoms with van der Waals surface area (Å²) < 4.78 is 0. The number of aliphatic hydroxyl groups is 2. The average Bonchev–Trinajstić information content (AvgIpc) is 3.28. The van der Waals surface area contributed by atoms with E-state index in [0.29, 0.717) is 6.42 Å². The average molecular weight is 873 g/mol. The van der Waals surface area contributed by atoms with Crippen LogP contribution < -0.4 is 5.32 Å². The van der Waals surface area contributed by atoms with Gasteiger partial charge in [0.1, 0.15) is 0 Å². The molecule has 1 amide bonds. The molecule has 0 rings (SSSR count). The maximum atomic E-state index is 12.5. The monoisotopic (exact) mass is 872 g/mol. The largest absolute Gasteiger partial charge is 0.394 e. The molecule has 2 atom stereocenters. The van der Waals surface area contributed by atoms with Crippen molar-refractivity contribution in [3.63, 3.8) is 0 Å². The molecule has 0 heterocycles. The molecular weight excluding hydrogens is 759 g/mol. The van der Waals surface area contributed by atoms with Crippen molar-refractivity contribution >= 4 is 5.91 Å². The fourth-order valence-corrected chi connectivity index (χ4v) is 9.08. The molecule has 0 fully saturated rings. The van der Waals surface area contributed by atoms with Crippen LogP contribution in [0.2, 0.25) is 0 Å². The Morgan fingerprint density at radius 2 is 0.629 bits per heavy atom. The highest BCUT2D eigenvalue weighted by atomic mass is 16.3. The molecule has 0 radical (unpaired) electrons. The van der Waals surface area contributed by atoms with Gasteiger partial charge in [-0.3, -0.25) is 4.79 Å². The third kappa shape index (κ3) is 49.9. The highest BCUT2D eigenvalue weighted by molar-refractivity contribution is 5.76. The fraction of sp³-hybridized carbons (Fsp3) is 0.914. The van der Waals surface area contributed by atoms with E-state index in [1.54, 1.807) is 6.08 Å². The molecule has 0 saturated carbocycles. The molecule has 0 aromatic carbocycles. The topological polar surface area (TPSA) is 69.6 Å². The van der Waals surface area contributed by atoms with Crippen LogP contribution in [0.25, 0.3) is 0 Å². The number of allylic oxidation sites excluding steroid dienone is 3. The molecule has 4 nitrogen and oxygen atoms in total. The zero-order valence-electron chi connectivity index (χ0n) is 42.4. The summed E-state index contributed by atoms with van der Waals surface area (Å²) >= 11 is 0. The minimum absolute atomic E-state index is 0.0665. The summed E-state index contributed by atoms with van der Waals surface area (Å²) in [5, 5.41) is 23.2. The molecule has 0 aliphatic rings. The van der Waals surface area contributed by atoms with Crippen LogP contribution in [0, 0.1) is 0 Å². The smallest absolute Gasteiger partial charge is 0.220 e. The van der Waals surface area contributed by atoms with Gasteiger partial charge >= 0.3 is 0 Å². The highest BCUT2D eigenvalue weighted by Crippen LogP contribution is 2.18. The first-order valence-corrected chi connectivity index (χ1v) is 28.6. The zero-order valence-corrected chi connectivity index (χ0v) is 42.4. The van der Waals surface area contributed by atoms with E-state index in [2.05, 4.69) is 31.3 Å². The molecule has 3 N–H and O–H groups in total. The van der Waals surface area contributed by atoms with Crippen LogP contribution in [0.15, 0.2) is 24.3 Å². The Bertz CT molecular complexity index is 901. The van der Waals surface area contributed by atoms with Crippen LogP contribution in [-0.4, -0.2) is 34.9 Å². The summed E-state index contributed by atoms with van der Waals surface area (Å²) in [7, 11) is 0. The zero-order chi connectivity index (χ0) is 44.9. The van der Waals surface area contributed by atoms with Gasteiger partial charge in [0.05, 0.1) is 18.8 Å². The molecule has 0 aromatic rings. The number of nitrogens with one attached hydrogen (secondary N) is 1. The molecule has 0 spiro atoms. The third-order valence-corrected chi connectivity index (χ3v) is 13.4. The van der Waals surface area contributed by atoms with Crippen LogP contribution in [0.5, 0.6) is 0 Å². The summed E-state index contributed by atoms with van der Waals surface area (Å²) in [6.45, 7) is 4.34. The summed E-state index contributed by atoms with van der Waals surface area (Å²) in [4.78, 5) is 12.5. The Kier molecular flexibility index (Phi) is 53.2. The molecule has 0 aliphatic heterocycles. The predicted molar refractivity (Wildman–Crippen MR) is 276 cm³/mol. The van der Waals surface area contributed by atoms with Crippen molar-refractivity contribution in [1.29, 1.82) is 0 Å². The second kappa shape index (κ2) is 54.2. The van der Waals surface area contributed by atoms with E-state index in [9.17, 15) is 15.0 Å². The van der Waals surface area contributed by atoms with E-state index in [4.69, 9.17) is 0 Å². The quantitative estimate of drug-likeness (QED) is 0.0421. The number of hydrogen-bond donors (Lipinski definition) is 3. The summed E-state index contributed by atoms with van der Waals surface area (Å²) in [5.74, 6) is -0.0665. The second-order valence-electron chi connectivity index (χ2n) is 19.7. The third-order valence-electron chi connectivity index (χ3n) is 13.4. The van der Waals surface area contributed by atoms with Gasteiger partial charge in [-0.15, -0.1) is 0 Å². The Morgan fingerprint density at radius 1 is 0.371 bits per heavy atom. The molecule has 368 valence electrons. The van der Waals surface area contributed by atoms with Gasteiger partial charge in [0, 0.05) is 6.42 Å². The number of unbranched alkanes of at least 4 members (excludes halogenated alkanes) is 44. The Labute approximate surface area is 389 Å². The predicted octanol–water partition coefficient (Wildman–Crippen LogP) is 18.7. The molecule has 4 heteroatoms. The van der Waals surface area contributed by atoms with E-state index in [0.717, 1.165) is 32.1 Å². The first-order chi connectivity index (χ1) is 30.7. The normalized spacial score (nSPS) is 12.9. The lowest BCUT2D eigenvalue weighted by Crippen LogP contribution is -2.45. The standard InChI is InChI=1S/C58H113NO3/c1-3-5-7-9-11-13-15-17-19-21-23-25-27-28-29-30-32-33-35-37-39-41-43-45-47-49-51-53-57(61)56(55-60)59-58(62)54-52-50-48-46-44-42-40-38-36-34-31-26-24-22-20-18-16-14-12-10-8-6-4-2/h43,45,51,53,56-57,60-61H,3-42,44,46-50,52,54-55H2,1-2H3,(H,59,62)/b45-43+,53-51+. The fourth-order valence-electron chi connectivity index (χ4n) is 9.08. The number of aliphatic hydroxyl groups excluding tert-OH is 2. The van der Waals surface area contributed by atoms with Crippen molar-refractivity contribution in [1.82, 2.24) is 5.32 Å². The molecule has 0 aliphatic carbocycles. The summed E-state index contributed by atoms with van der Waals surface area (Å²) in [5.41, 5.74) is 0. The minimum Gasteiger partial charge on any atom is -0.394 e. The minimum atomic E-state index is -0.860. The van der Waals surface area contributed by atoms with Crippen molar-refractivity contribution in [2.45, 2.75) is 334 Å². The van der Waals surface area contributed by atoms with E-state index >= 15 is 0 Å². The Hall–Kier alpha value is -1.13. The number of carbonyl (C=O) groups is 1. The lowest BCUT2D eigenvalue weighted by molar-refractivity contribution is -0.123. The summed E-state index contributed by atoms with van der Waals surface area (Å²) in [6, 6.07) is -0.636. The maximum Gasteiger partial charge on any atom is 0.220 e. The lowest BCUT2D eigenvalue weighted by atomic mass is 10.0. The maximum absolute atomic E-state index is 12.5. The molecular formula is C58H113NO3. The van der Waals surface area contributed by atoms with E-state index in [-0.39, 0.29) is 12.5 Å². The van der Waals surface area contributed by atoms with Crippen LogP contribution >= 0.6 is 0 Å². The first kappa shape index (κ1) is 60.9. The molecule has 62 heavy (non-hydrogen) atoms. The Balaban J connectivity index is 3.49. The van der Waals surface area contributed by atoms with Crippen molar-refractivity contribution in [3.05, 3.63) is 24.3 Å². The van der Waals surface area contributed by atoms with Gasteiger partial charge < -0.3 is 15.5 Å². The molecule has 0 bridgehead atoms. The van der Waals surface area contributed by atoms with Gasteiger partial charge in [0.15, 0.2) is 0 Å².